The van der Waals surface area contributed by atoms with Crippen molar-refractivity contribution in [2.24, 2.45) is 11.8 Å². The van der Waals surface area contributed by atoms with Crippen molar-refractivity contribution in [2.75, 3.05) is 24.6 Å². The summed E-state index contributed by atoms with van der Waals surface area (Å²) in [5.74, 6) is 3.10. The van der Waals surface area contributed by atoms with Gasteiger partial charge in [0.1, 0.15) is 11.6 Å². The Bertz CT molecular complexity index is 493. The maximum Gasteiger partial charge on any atom is 0.133 e. The topological polar surface area (TPSA) is 49.2 Å². The van der Waals surface area contributed by atoms with Gasteiger partial charge in [0.15, 0.2) is 0 Å². The number of hydrogen-bond acceptors (Lipinski definition) is 4. The van der Waals surface area contributed by atoms with Crippen molar-refractivity contribution in [3.05, 3.63) is 17.6 Å². The van der Waals surface area contributed by atoms with E-state index in [-0.39, 0.29) is 12.0 Å². The molecule has 4 nitrogen and oxygen atoms in total. The van der Waals surface area contributed by atoms with Crippen molar-refractivity contribution >= 4 is 5.82 Å². The lowest BCUT2D eigenvalue weighted by molar-refractivity contribution is 0.212. The highest BCUT2D eigenvalue weighted by Gasteiger charge is 2.31. The summed E-state index contributed by atoms with van der Waals surface area (Å²) in [7, 11) is 0. The van der Waals surface area contributed by atoms with Gasteiger partial charge in [0.2, 0.25) is 0 Å². The van der Waals surface area contributed by atoms with E-state index in [1.54, 1.807) is 0 Å². The van der Waals surface area contributed by atoms with E-state index >= 15 is 0 Å². The van der Waals surface area contributed by atoms with Crippen LogP contribution in [0.5, 0.6) is 0 Å². The molecular formula is C17H29N3O. The van der Waals surface area contributed by atoms with Crippen molar-refractivity contribution in [3.8, 4) is 0 Å². The highest BCUT2D eigenvalue weighted by Crippen LogP contribution is 2.30. The first-order chi connectivity index (χ1) is 9.72. The molecular weight excluding hydrogens is 262 g/mol. The van der Waals surface area contributed by atoms with Gasteiger partial charge in [0.25, 0.3) is 0 Å². The molecule has 1 N–H and O–H groups in total. The highest BCUT2D eigenvalue weighted by molar-refractivity contribution is 5.43. The fraction of sp³-hybridized carbons (Fsp3) is 0.765. The Hall–Kier alpha value is -1.16. The number of aliphatic hydroxyl groups excluding tert-OH is 1. The molecule has 0 unspecified atom stereocenters. The van der Waals surface area contributed by atoms with Crippen LogP contribution in [-0.2, 0) is 5.41 Å². The molecule has 1 aliphatic heterocycles. The van der Waals surface area contributed by atoms with Crippen molar-refractivity contribution < 1.29 is 5.11 Å². The van der Waals surface area contributed by atoms with E-state index in [9.17, 15) is 5.11 Å². The predicted molar refractivity (Wildman–Crippen MR) is 86.8 cm³/mol. The summed E-state index contributed by atoms with van der Waals surface area (Å²) < 4.78 is 0. The van der Waals surface area contributed by atoms with Crippen LogP contribution < -0.4 is 4.90 Å². The second kappa shape index (κ2) is 5.91. The van der Waals surface area contributed by atoms with Crippen LogP contribution in [0, 0.1) is 11.8 Å². The van der Waals surface area contributed by atoms with Crippen molar-refractivity contribution in [1.82, 2.24) is 9.97 Å². The summed E-state index contributed by atoms with van der Waals surface area (Å²) in [6.45, 7) is 15.1. The van der Waals surface area contributed by atoms with E-state index in [0.29, 0.717) is 17.8 Å². The van der Waals surface area contributed by atoms with Gasteiger partial charge in [0, 0.05) is 43.0 Å². The van der Waals surface area contributed by atoms with Crippen LogP contribution in [-0.4, -0.2) is 34.8 Å². The second-order valence-corrected chi connectivity index (χ2v) is 7.70. The van der Waals surface area contributed by atoms with Gasteiger partial charge in [-0.05, 0) is 5.92 Å². The fourth-order valence-electron chi connectivity index (χ4n) is 2.72. The zero-order valence-corrected chi connectivity index (χ0v) is 14.2. The third-order valence-corrected chi connectivity index (χ3v) is 4.34. The van der Waals surface area contributed by atoms with Gasteiger partial charge in [-0.1, -0.05) is 41.5 Å². The van der Waals surface area contributed by atoms with Gasteiger partial charge >= 0.3 is 0 Å². The van der Waals surface area contributed by atoms with Crippen LogP contribution in [0.4, 0.5) is 5.82 Å². The SMILES string of the molecule is CC(C)c1nc(N2C[C@@H](CO)[C@H](C)C2)cc(C(C)(C)C)n1. The number of anilines is 1. The first kappa shape index (κ1) is 16.2. The van der Waals surface area contributed by atoms with Crippen molar-refractivity contribution in [3.63, 3.8) is 0 Å². The lowest BCUT2D eigenvalue weighted by Gasteiger charge is -2.24. The molecule has 1 fully saturated rings. The van der Waals surface area contributed by atoms with E-state index in [2.05, 4.69) is 52.5 Å². The Balaban J connectivity index is 2.37. The molecule has 0 amide bonds. The van der Waals surface area contributed by atoms with Crippen LogP contribution in [0.25, 0.3) is 0 Å². The number of aliphatic hydroxyl groups is 1. The summed E-state index contributed by atoms with van der Waals surface area (Å²) in [4.78, 5) is 11.8. The molecule has 2 atom stereocenters. The lowest BCUT2D eigenvalue weighted by Crippen LogP contribution is -2.24. The van der Waals surface area contributed by atoms with Crippen LogP contribution >= 0.6 is 0 Å². The average molecular weight is 291 g/mol. The molecule has 0 radical (unpaired) electrons. The number of rotatable bonds is 3. The van der Waals surface area contributed by atoms with Crippen LogP contribution in [0.3, 0.4) is 0 Å². The molecule has 0 aliphatic carbocycles. The van der Waals surface area contributed by atoms with E-state index < -0.39 is 0 Å². The fourth-order valence-corrected chi connectivity index (χ4v) is 2.72. The van der Waals surface area contributed by atoms with Gasteiger partial charge in [-0.15, -0.1) is 0 Å². The number of aromatic nitrogens is 2. The Labute approximate surface area is 128 Å². The molecule has 0 aromatic carbocycles. The lowest BCUT2D eigenvalue weighted by atomic mass is 9.91. The van der Waals surface area contributed by atoms with E-state index in [4.69, 9.17) is 9.97 Å². The van der Waals surface area contributed by atoms with Gasteiger partial charge in [0.05, 0.1) is 5.69 Å². The minimum absolute atomic E-state index is 0.0169. The molecule has 21 heavy (non-hydrogen) atoms. The molecule has 0 spiro atoms. The molecule has 1 aliphatic rings. The zero-order valence-electron chi connectivity index (χ0n) is 14.2. The van der Waals surface area contributed by atoms with Crippen LogP contribution in [0.1, 0.15) is 59.0 Å². The summed E-state index contributed by atoms with van der Waals surface area (Å²) in [5.41, 5.74) is 1.11. The predicted octanol–water partition coefficient (Wildman–Crippen LogP) is 2.96. The first-order valence-corrected chi connectivity index (χ1v) is 7.97. The molecule has 0 bridgehead atoms. The molecule has 118 valence electrons. The van der Waals surface area contributed by atoms with E-state index in [1.165, 1.54) is 0 Å². The number of hydrogen-bond donors (Lipinski definition) is 1. The molecule has 4 heteroatoms. The second-order valence-electron chi connectivity index (χ2n) is 7.70. The van der Waals surface area contributed by atoms with Gasteiger partial charge in [-0.25, -0.2) is 9.97 Å². The number of nitrogens with zero attached hydrogens (tertiary/aromatic N) is 3. The quantitative estimate of drug-likeness (QED) is 0.930. The summed E-state index contributed by atoms with van der Waals surface area (Å²) in [6, 6.07) is 2.12. The third kappa shape index (κ3) is 3.54. The summed E-state index contributed by atoms with van der Waals surface area (Å²) >= 11 is 0. The monoisotopic (exact) mass is 291 g/mol. The molecule has 1 aromatic heterocycles. The highest BCUT2D eigenvalue weighted by atomic mass is 16.3. The van der Waals surface area contributed by atoms with Gasteiger partial charge < -0.3 is 10.0 Å². The first-order valence-electron chi connectivity index (χ1n) is 7.97. The third-order valence-electron chi connectivity index (χ3n) is 4.34. The molecule has 2 heterocycles. The smallest absolute Gasteiger partial charge is 0.133 e. The van der Waals surface area contributed by atoms with Crippen molar-refractivity contribution in [1.29, 1.82) is 0 Å². The molecule has 1 aromatic rings. The molecule has 2 rings (SSSR count). The Kier molecular flexibility index (Phi) is 4.57. The maximum absolute atomic E-state index is 9.47. The van der Waals surface area contributed by atoms with Crippen molar-refractivity contribution in [2.45, 2.75) is 52.9 Å². The molecule has 1 saturated heterocycles. The van der Waals surface area contributed by atoms with Crippen LogP contribution in [0.2, 0.25) is 0 Å². The largest absolute Gasteiger partial charge is 0.396 e. The zero-order chi connectivity index (χ0) is 15.8. The Morgan fingerprint density at radius 3 is 2.43 bits per heavy atom. The average Bonchev–Trinajstić information content (AvgIpc) is 2.78. The van der Waals surface area contributed by atoms with Gasteiger partial charge in [-0.3, -0.25) is 0 Å². The standard InChI is InChI=1S/C17H29N3O/c1-11(2)16-18-14(17(4,5)6)7-15(19-16)20-8-12(3)13(9-20)10-21/h7,11-13,21H,8-10H2,1-6H3/t12-,13+/m1/s1. The summed E-state index contributed by atoms with van der Waals surface area (Å²) in [6.07, 6.45) is 0. The summed E-state index contributed by atoms with van der Waals surface area (Å²) in [5, 5.41) is 9.47. The van der Waals surface area contributed by atoms with E-state index in [1.807, 2.05) is 0 Å². The minimum Gasteiger partial charge on any atom is -0.396 e. The molecule has 0 saturated carbocycles. The Morgan fingerprint density at radius 2 is 1.95 bits per heavy atom. The van der Waals surface area contributed by atoms with Crippen LogP contribution in [0.15, 0.2) is 6.07 Å². The maximum atomic E-state index is 9.47. The van der Waals surface area contributed by atoms with E-state index in [0.717, 1.165) is 30.4 Å². The minimum atomic E-state index is 0.0169. The Morgan fingerprint density at radius 1 is 1.29 bits per heavy atom. The normalized spacial score (nSPS) is 23.1. The van der Waals surface area contributed by atoms with Gasteiger partial charge in [-0.2, -0.15) is 0 Å².